The number of urea groups is 1. The number of rotatable bonds is 0. The second-order valence-electron chi connectivity index (χ2n) is 6.13. The van der Waals surface area contributed by atoms with Crippen LogP contribution in [0.4, 0.5) is 29.3 Å². The van der Waals surface area contributed by atoms with Crippen molar-refractivity contribution in [3.63, 3.8) is 0 Å². The molecule has 0 unspecified atom stereocenters. The highest BCUT2D eigenvalue weighted by molar-refractivity contribution is 6.24. The van der Waals surface area contributed by atoms with Gasteiger partial charge in [-0.05, 0) is 18.2 Å². The van der Waals surface area contributed by atoms with Crippen LogP contribution in [0.15, 0.2) is 18.2 Å². The molecular formula is C15H15F3N4O3. The van der Waals surface area contributed by atoms with Crippen molar-refractivity contribution in [1.82, 2.24) is 9.80 Å². The first-order valence-electron chi connectivity index (χ1n) is 7.30. The molecule has 0 radical (unpaired) electrons. The summed E-state index contributed by atoms with van der Waals surface area (Å²) < 4.78 is 38.9. The van der Waals surface area contributed by atoms with Crippen LogP contribution in [0.2, 0.25) is 0 Å². The van der Waals surface area contributed by atoms with Gasteiger partial charge in [0.1, 0.15) is 0 Å². The van der Waals surface area contributed by atoms with E-state index in [4.69, 9.17) is 0 Å². The molecule has 1 N–H and O–H groups in total. The fourth-order valence-electron chi connectivity index (χ4n) is 3.16. The summed E-state index contributed by atoms with van der Waals surface area (Å²) in [5.74, 6) is -1.62. The van der Waals surface area contributed by atoms with Crippen LogP contribution in [0.5, 0.6) is 0 Å². The summed E-state index contributed by atoms with van der Waals surface area (Å²) in [5, 5.41) is 2.66. The average Bonchev–Trinajstić information content (AvgIpc) is 2.55. The fraction of sp³-hybridized carbons (Fsp3) is 0.400. The van der Waals surface area contributed by atoms with E-state index in [0.29, 0.717) is 5.69 Å². The first-order valence-corrected chi connectivity index (χ1v) is 7.30. The van der Waals surface area contributed by atoms with Crippen molar-refractivity contribution in [3.05, 3.63) is 23.8 Å². The second-order valence-corrected chi connectivity index (χ2v) is 6.13. The van der Waals surface area contributed by atoms with Gasteiger partial charge >= 0.3 is 12.2 Å². The number of amides is 4. The molecule has 4 amide bonds. The number of imide groups is 2. The lowest BCUT2D eigenvalue weighted by molar-refractivity contribution is -0.148. The second kappa shape index (κ2) is 5.11. The highest BCUT2D eigenvalue weighted by Gasteiger charge is 2.58. The molecular weight excluding hydrogens is 341 g/mol. The molecule has 1 saturated heterocycles. The van der Waals surface area contributed by atoms with Crippen LogP contribution in [0.1, 0.15) is 5.56 Å². The molecule has 0 atom stereocenters. The molecule has 10 heteroatoms. The zero-order valence-corrected chi connectivity index (χ0v) is 13.6. The number of barbiturate groups is 1. The molecule has 0 bridgehead atoms. The summed E-state index contributed by atoms with van der Waals surface area (Å²) in [4.78, 5) is 40.3. The molecule has 2 aliphatic heterocycles. The maximum atomic E-state index is 13.0. The summed E-state index contributed by atoms with van der Waals surface area (Å²) in [6.07, 6.45) is -4.57. The van der Waals surface area contributed by atoms with Crippen LogP contribution in [0, 0.1) is 0 Å². The lowest BCUT2D eigenvalue weighted by atomic mass is 9.89. The van der Waals surface area contributed by atoms with Gasteiger partial charge in [0.15, 0.2) is 0 Å². The molecule has 1 fully saturated rings. The topological polar surface area (TPSA) is 73.0 Å². The van der Waals surface area contributed by atoms with E-state index >= 15 is 0 Å². The monoisotopic (exact) mass is 356 g/mol. The van der Waals surface area contributed by atoms with E-state index in [1.807, 2.05) is 0 Å². The van der Waals surface area contributed by atoms with Crippen LogP contribution < -0.4 is 10.2 Å². The van der Waals surface area contributed by atoms with Gasteiger partial charge in [-0.1, -0.05) is 0 Å². The average molecular weight is 356 g/mol. The van der Waals surface area contributed by atoms with Crippen molar-refractivity contribution < 1.29 is 27.6 Å². The molecule has 0 aromatic heterocycles. The molecule has 0 aliphatic carbocycles. The Labute approximate surface area is 141 Å². The van der Waals surface area contributed by atoms with Gasteiger partial charge in [0.2, 0.25) is 5.54 Å². The van der Waals surface area contributed by atoms with Gasteiger partial charge in [0.25, 0.3) is 11.8 Å². The van der Waals surface area contributed by atoms with E-state index in [1.54, 1.807) is 7.05 Å². The van der Waals surface area contributed by atoms with Crippen molar-refractivity contribution in [1.29, 1.82) is 0 Å². The molecule has 25 heavy (non-hydrogen) atoms. The molecule has 134 valence electrons. The third-order valence-electron chi connectivity index (χ3n) is 4.47. The minimum atomic E-state index is -4.57. The number of halogens is 3. The first kappa shape index (κ1) is 17.1. The maximum absolute atomic E-state index is 13.0. The predicted molar refractivity (Wildman–Crippen MR) is 82.0 cm³/mol. The zero-order chi connectivity index (χ0) is 18.7. The Kier molecular flexibility index (Phi) is 3.48. The lowest BCUT2D eigenvalue weighted by Crippen LogP contribution is -2.74. The van der Waals surface area contributed by atoms with Crippen molar-refractivity contribution in [3.8, 4) is 0 Å². The van der Waals surface area contributed by atoms with Crippen molar-refractivity contribution in [2.75, 3.05) is 37.9 Å². The summed E-state index contributed by atoms with van der Waals surface area (Å²) in [6.45, 7) is -0.120. The van der Waals surface area contributed by atoms with Crippen molar-refractivity contribution >= 4 is 29.2 Å². The third kappa shape index (κ3) is 2.31. The fourth-order valence-corrected chi connectivity index (χ4v) is 3.16. The van der Waals surface area contributed by atoms with Crippen molar-refractivity contribution in [2.24, 2.45) is 0 Å². The van der Waals surface area contributed by atoms with E-state index in [0.717, 1.165) is 21.9 Å². The Morgan fingerprint density at radius 1 is 1.04 bits per heavy atom. The number of benzene rings is 1. The minimum absolute atomic E-state index is 0.00132. The smallest absolute Gasteiger partial charge is 0.369 e. The molecule has 7 nitrogen and oxygen atoms in total. The number of anilines is 2. The molecule has 1 aromatic rings. The largest absolute Gasteiger partial charge is 0.416 e. The first-order chi connectivity index (χ1) is 11.5. The number of carbonyl (C=O) groups is 3. The summed E-state index contributed by atoms with van der Waals surface area (Å²) in [6, 6.07) is 2.26. The maximum Gasteiger partial charge on any atom is 0.416 e. The predicted octanol–water partition coefficient (Wildman–Crippen LogP) is 1.36. The van der Waals surface area contributed by atoms with E-state index in [9.17, 15) is 27.6 Å². The van der Waals surface area contributed by atoms with E-state index < -0.39 is 35.1 Å². The number of likely N-dealkylation sites (N-methyl/N-ethyl adjacent to an activating group) is 3. The molecule has 3 rings (SSSR count). The van der Waals surface area contributed by atoms with Crippen LogP contribution >= 0.6 is 0 Å². The number of fused-ring (bicyclic) bond motifs is 1. The van der Waals surface area contributed by atoms with Crippen LogP contribution in [-0.4, -0.2) is 60.9 Å². The number of hydrogen-bond donors (Lipinski definition) is 1. The zero-order valence-electron chi connectivity index (χ0n) is 13.6. The Morgan fingerprint density at radius 2 is 1.60 bits per heavy atom. The van der Waals surface area contributed by atoms with Crippen LogP contribution in [-0.2, 0) is 15.8 Å². The summed E-state index contributed by atoms with van der Waals surface area (Å²) in [5.41, 5.74) is -2.34. The SMILES string of the molecule is CN1C(=O)N(C)C(=O)C2(CN(C)c3ccc(C(F)(F)F)cc3N2)C1=O. The molecule has 0 saturated carbocycles. The van der Waals surface area contributed by atoms with Gasteiger partial charge in [-0.25, -0.2) is 4.79 Å². The highest BCUT2D eigenvalue weighted by atomic mass is 19.4. The number of alkyl halides is 3. The normalized spacial score (nSPS) is 20.1. The minimum Gasteiger partial charge on any atom is -0.369 e. The quantitative estimate of drug-likeness (QED) is 0.711. The van der Waals surface area contributed by atoms with Gasteiger partial charge in [-0.15, -0.1) is 0 Å². The number of carbonyl (C=O) groups excluding carboxylic acids is 3. The van der Waals surface area contributed by atoms with Crippen LogP contribution in [0.3, 0.4) is 0 Å². The van der Waals surface area contributed by atoms with Gasteiger partial charge in [0, 0.05) is 21.1 Å². The highest BCUT2D eigenvalue weighted by Crippen LogP contribution is 2.40. The Morgan fingerprint density at radius 3 is 2.12 bits per heavy atom. The van der Waals surface area contributed by atoms with Crippen LogP contribution in [0.25, 0.3) is 0 Å². The molecule has 2 heterocycles. The Hall–Kier alpha value is -2.78. The molecule has 1 spiro atoms. The Balaban J connectivity index is 2.12. The van der Waals surface area contributed by atoms with E-state index in [-0.39, 0.29) is 12.2 Å². The van der Waals surface area contributed by atoms with E-state index in [1.165, 1.54) is 25.1 Å². The van der Waals surface area contributed by atoms with Crippen molar-refractivity contribution in [2.45, 2.75) is 11.7 Å². The number of nitrogens with one attached hydrogen (secondary N) is 1. The third-order valence-corrected chi connectivity index (χ3v) is 4.47. The van der Waals surface area contributed by atoms with E-state index in [2.05, 4.69) is 5.32 Å². The van der Waals surface area contributed by atoms with Gasteiger partial charge in [-0.2, -0.15) is 13.2 Å². The summed E-state index contributed by atoms with van der Waals surface area (Å²) in [7, 11) is 4.00. The molecule has 2 aliphatic rings. The lowest BCUT2D eigenvalue weighted by Gasteiger charge is -2.47. The Bertz CT molecular complexity index is 769. The van der Waals surface area contributed by atoms with Gasteiger partial charge in [-0.3, -0.25) is 19.4 Å². The standard InChI is InChI=1S/C15H15F3N4O3/c1-20-7-14(11(23)21(2)13(25)22(3)12(14)24)19-9-6-8(15(16,17)18)4-5-10(9)20/h4-6,19H,7H2,1-3H3. The van der Waals surface area contributed by atoms with Gasteiger partial charge < -0.3 is 10.2 Å². The molecule has 1 aromatic carbocycles. The van der Waals surface area contributed by atoms with Gasteiger partial charge in [0.05, 0.1) is 23.5 Å². The summed E-state index contributed by atoms with van der Waals surface area (Å²) >= 11 is 0. The number of hydrogen-bond acceptors (Lipinski definition) is 5. The number of nitrogens with zero attached hydrogens (tertiary/aromatic N) is 3.